The molecule has 2 amide bonds. The molecular formula is C22H25N3O2S. The third-order valence-corrected chi connectivity index (χ3v) is 7.11. The lowest BCUT2D eigenvalue weighted by molar-refractivity contribution is -0.122. The van der Waals surface area contributed by atoms with Crippen molar-refractivity contribution in [2.24, 2.45) is 0 Å². The molecule has 2 aliphatic carbocycles. The first-order valence-corrected chi connectivity index (χ1v) is 11.0. The molecule has 0 radical (unpaired) electrons. The van der Waals surface area contributed by atoms with E-state index in [1.54, 1.807) is 11.3 Å². The summed E-state index contributed by atoms with van der Waals surface area (Å²) in [5, 5.41) is 3.04. The zero-order valence-corrected chi connectivity index (χ0v) is 16.8. The fourth-order valence-corrected chi connectivity index (χ4v) is 5.38. The summed E-state index contributed by atoms with van der Waals surface area (Å²) >= 11 is 1.64. The van der Waals surface area contributed by atoms with Crippen molar-refractivity contribution < 1.29 is 9.59 Å². The van der Waals surface area contributed by atoms with E-state index < -0.39 is 0 Å². The van der Waals surface area contributed by atoms with Crippen LogP contribution in [0.5, 0.6) is 0 Å². The van der Waals surface area contributed by atoms with Crippen LogP contribution in [0.25, 0.3) is 10.4 Å². The van der Waals surface area contributed by atoms with Crippen molar-refractivity contribution in [1.29, 1.82) is 0 Å². The number of rotatable bonds is 4. The van der Waals surface area contributed by atoms with Crippen molar-refractivity contribution in [1.82, 2.24) is 15.1 Å². The second-order valence-electron chi connectivity index (χ2n) is 8.03. The minimum Gasteiger partial charge on any atom is -0.352 e. The minimum absolute atomic E-state index is 0.117. The van der Waals surface area contributed by atoms with Crippen molar-refractivity contribution >= 4 is 23.2 Å². The zero-order chi connectivity index (χ0) is 19.1. The molecule has 1 aromatic carbocycles. The topological polar surface area (TPSA) is 52.7 Å². The molecule has 6 heteroatoms. The van der Waals surface area contributed by atoms with Gasteiger partial charge in [-0.05, 0) is 48.4 Å². The van der Waals surface area contributed by atoms with Gasteiger partial charge in [0.1, 0.15) is 0 Å². The molecule has 1 aliphatic heterocycles. The number of benzene rings is 1. The van der Waals surface area contributed by atoms with Crippen molar-refractivity contribution in [3.8, 4) is 10.4 Å². The Morgan fingerprint density at radius 2 is 1.79 bits per heavy atom. The number of fused-ring (bicyclic) bond motifs is 3. The van der Waals surface area contributed by atoms with Gasteiger partial charge in [0, 0.05) is 37.1 Å². The van der Waals surface area contributed by atoms with Crippen LogP contribution >= 0.6 is 11.3 Å². The molecule has 28 heavy (non-hydrogen) atoms. The number of nitrogens with zero attached hydrogens (tertiary/aromatic N) is 2. The molecule has 5 nitrogen and oxygen atoms in total. The van der Waals surface area contributed by atoms with E-state index in [-0.39, 0.29) is 11.8 Å². The van der Waals surface area contributed by atoms with Crippen molar-refractivity contribution in [3.63, 3.8) is 0 Å². The van der Waals surface area contributed by atoms with Gasteiger partial charge in [-0.3, -0.25) is 14.5 Å². The molecule has 0 unspecified atom stereocenters. The summed E-state index contributed by atoms with van der Waals surface area (Å²) in [7, 11) is 0. The normalized spacial score (nSPS) is 19.1. The molecule has 146 valence electrons. The Balaban J connectivity index is 1.22. The molecule has 0 bridgehead atoms. The first kappa shape index (κ1) is 17.9. The summed E-state index contributed by atoms with van der Waals surface area (Å²) in [6.07, 6.45) is 4.29. The molecule has 1 saturated heterocycles. The van der Waals surface area contributed by atoms with Gasteiger partial charge in [-0.25, -0.2) is 0 Å². The molecule has 0 spiro atoms. The van der Waals surface area contributed by atoms with Gasteiger partial charge < -0.3 is 10.2 Å². The Morgan fingerprint density at radius 3 is 2.57 bits per heavy atom. The Bertz CT molecular complexity index is 910. The standard InChI is InChI=1S/C22H25N3O2S/c26-20(23-17-7-8-17)14-24-9-11-25(12-10-24)22(27)19-13-16-6-5-15-3-1-2-4-18(15)21(16)28-19/h1-4,13,17H,5-12,14H2,(H,23,26). The monoisotopic (exact) mass is 395 g/mol. The van der Waals surface area contributed by atoms with E-state index in [0.717, 1.165) is 43.6 Å². The number of piperazine rings is 1. The van der Waals surface area contributed by atoms with E-state index in [1.807, 2.05) is 4.90 Å². The first-order chi connectivity index (χ1) is 13.7. The fourth-order valence-electron chi connectivity index (χ4n) is 4.15. The summed E-state index contributed by atoms with van der Waals surface area (Å²) in [5.41, 5.74) is 3.98. The van der Waals surface area contributed by atoms with Gasteiger partial charge in [-0.2, -0.15) is 0 Å². The molecule has 5 rings (SSSR count). The van der Waals surface area contributed by atoms with Gasteiger partial charge >= 0.3 is 0 Å². The molecule has 1 N–H and O–H groups in total. The highest BCUT2D eigenvalue weighted by atomic mass is 32.1. The number of hydrogen-bond acceptors (Lipinski definition) is 4. The van der Waals surface area contributed by atoms with Crippen LogP contribution in [0, 0.1) is 0 Å². The average molecular weight is 396 g/mol. The Morgan fingerprint density at radius 1 is 1.04 bits per heavy atom. The summed E-state index contributed by atoms with van der Waals surface area (Å²) in [4.78, 5) is 31.2. The van der Waals surface area contributed by atoms with E-state index in [2.05, 4.69) is 40.5 Å². The molecule has 2 fully saturated rings. The second kappa shape index (κ2) is 7.33. The van der Waals surface area contributed by atoms with E-state index in [4.69, 9.17) is 0 Å². The highest BCUT2D eigenvalue weighted by molar-refractivity contribution is 7.17. The van der Waals surface area contributed by atoms with Crippen LogP contribution in [0.1, 0.15) is 33.6 Å². The molecule has 2 heterocycles. The largest absolute Gasteiger partial charge is 0.352 e. The summed E-state index contributed by atoms with van der Waals surface area (Å²) in [6, 6.07) is 11.0. The highest BCUT2D eigenvalue weighted by Crippen LogP contribution is 2.39. The van der Waals surface area contributed by atoms with Gasteiger partial charge in [0.05, 0.1) is 11.4 Å². The first-order valence-electron chi connectivity index (χ1n) is 10.2. The van der Waals surface area contributed by atoms with E-state index in [9.17, 15) is 9.59 Å². The lowest BCUT2D eigenvalue weighted by Gasteiger charge is -2.34. The molecular weight excluding hydrogens is 370 g/mol. The third-order valence-electron chi connectivity index (χ3n) is 5.91. The number of carbonyl (C=O) groups excluding carboxylic acids is 2. The predicted octanol–water partition coefficient (Wildman–Crippen LogP) is 2.55. The number of amides is 2. The van der Waals surface area contributed by atoms with Gasteiger partial charge in [0.25, 0.3) is 5.91 Å². The number of aryl methyl sites for hydroxylation is 2. The summed E-state index contributed by atoms with van der Waals surface area (Å²) in [5.74, 6) is 0.255. The minimum atomic E-state index is 0.117. The zero-order valence-electron chi connectivity index (χ0n) is 15.9. The van der Waals surface area contributed by atoms with Crippen LogP contribution in [0.2, 0.25) is 0 Å². The van der Waals surface area contributed by atoms with Crippen LogP contribution in [0.4, 0.5) is 0 Å². The van der Waals surface area contributed by atoms with Crippen molar-refractivity contribution in [3.05, 3.63) is 46.3 Å². The van der Waals surface area contributed by atoms with Crippen LogP contribution in [-0.2, 0) is 17.6 Å². The Kier molecular flexibility index (Phi) is 4.69. The number of carbonyl (C=O) groups is 2. The maximum absolute atomic E-state index is 13.1. The van der Waals surface area contributed by atoms with Crippen LogP contribution in [0.3, 0.4) is 0 Å². The SMILES string of the molecule is O=C(CN1CCN(C(=O)c2cc3c(s2)-c2ccccc2CC3)CC1)NC1CC1. The smallest absolute Gasteiger partial charge is 0.264 e. The van der Waals surface area contributed by atoms with Crippen molar-refractivity contribution in [2.75, 3.05) is 32.7 Å². The molecule has 1 saturated carbocycles. The van der Waals surface area contributed by atoms with Gasteiger partial charge in [0.2, 0.25) is 5.91 Å². The molecule has 1 aromatic heterocycles. The fraction of sp³-hybridized carbons (Fsp3) is 0.455. The van der Waals surface area contributed by atoms with E-state index in [0.29, 0.717) is 25.7 Å². The van der Waals surface area contributed by atoms with Gasteiger partial charge in [0.15, 0.2) is 0 Å². The lowest BCUT2D eigenvalue weighted by Crippen LogP contribution is -2.51. The van der Waals surface area contributed by atoms with E-state index in [1.165, 1.54) is 21.6 Å². The number of nitrogens with one attached hydrogen (secondary N) is 1. The van der Waals surface area contributed by atoms with Crippen LogP contribution in [-0.4, -0.2) is 60.4 Å². The highest BCUT2D eigenvalue weighted by Gasteiger charge is 2.28. The maximum atomic E-state index is 13.1. The maximum Gasteiger partial charge on any atom is 0.264 e. The quantitative estimate of drug-likeness (QED) is 0.866. The Hall–Kier alpha value is -2.18. The van der Waals surface area contributed by atoms with Gasteiger partial charge in [-0.1, -0.05) is 24.3 Å². The van der Waals surface area contributed by atoms with Gasteiger partial charge in [-0.15, -0.1) is 11.3 Å². The number of hydrogen-bond donors (Lipinski definition) is 1. The van der Waals surface area contributed by atoms with E-state index >= 15 is 0 Å². The summed E-state index contributed by atoms with van der Waals surface area (Å²) in [6.45, 7) is 3.35. The average Bonchev–Trinajstić information content (AvgIpc) is 3.41. The van der Waals surface area contributed by atoms with Crippen molar-refractivity contribution in [2.45, 2.75) is 31.7 Å². The number of thiophene rings is 1. The van der Waals surface area contributed by atoms with Crippen LogP contribution < -0.4 is 5.32 Å². The second-order valence-corrected chi connectivity index (χ2v) is 9.08. The van der Waals surface area contributed by atoms with Crippen LogP contribution in [0.15, 0.2) is 30.3 Å². The Labute approximate surface area is 169 Å². The summed E-state index contributed by atoms with van der Waals surface area (Å²) < 4.78 is 0. The third kappa shape index (κ3) is 3.59. The molecule has 0 atom stereocenters. The lowest BCUT2D eigenvalue weighted by atomic mass is 9.91. The molecule has 2 aromatic rings. The predicted molar refractivity (Wildman–Crippen MR) is 111 cm³/mol. The molecule has 3 aliphatic rings.